The Morgan fingerprint density at radius 1 is 0.879 bits per heavy atom. The number of carbonyl (C=O) groups excluding carboxylic acids is 3. The highest BCUT2D eigenvalue weighted by molar-refractivity contribution is 5.91. The Hall–Kier alpha value is -2.65. The van der Waals surface area contributed by atoms with Crippen molar-refractivity contribution in [2.45, 2.75) is 72.4 Å². The van der Waals surface area contributed by atoms with Crippen LogP contribution in [-0.2, 0) is 30.4 Å². The van der Waals surface area contributed by atoms with Crippen LogP contribution >= 0.6 is 0 Å². The molecule has 0 aliphatic heterocycles. The Labute approximate surface area is 196 Å². The number of nitrogens with one attached hydrogen (secondary N) is 3. The fraction of sp³-hybridized carbons (Fsp3) is 0.625. The third kappa shape index (κ3) is 11.7. The first kappa shape index (κ1) is 28.4. The lowest BCUT2D eigenvalue weighted by Gasteiger charge is -2.24. The smallest absolute Gasteiger partial charge is 0.408 e. The van der Waals surface area contributed by atoms with Crippen LogP contribution in [0.25, 0.3) is 0 Å². The number of rotatable bonds is 15. The van der Waals surface area contributed by atoms with Gasteiger partial charge in [0.1, 0.15) is 18.7 Å². The SMILES string of the molecule is CCOC(CNC(=O)[C@H](CC)NC(=O)[C@H](CC(C)C)NC(=O)OCc1ccccc1)OCC. The summed E-state index contributed by atoms with van der Waals surface area (Å²) in [5.74, 6) is -0.638. The van der Waals surface area contributed by atoms with Gasteiger partial charge in [0.2, 0.25) is 11.8 Å². The monoisotopic (exact) mass is 465 g/mol. The lowest BCUT2D eigenvalue weighted by molar-refractivity contribution is -0.142. The molecule has 0 radical (unpaired) electrons. The lowest BCUT2D eigenvalue weighted by atomic mass is 10.0. The first-order chi connectivity index (χ1) is 15.8. The zero-order valence-corrected chi connectivity index (χ0v) is 20.4. The fourth-order valence-electron chi connectivity index (χ4n) is 3.08. The highest BCUT2D eigenvalue weighted by Crippen LogP contribution is 2.08. The van der Waals surface area contributed by atoms with Crippen molar-refractivity contribution in [3.63, 3.8) is 0 Å². The summed E-state index contributed by atoms with van der Waals surface area (Å²) in [7, 11) is 0. The Bertz CT molecular complexity index is 707. The highest BCUT2D eigenvalue weighted by Gasteiger charge is 2.27. The summed E-state index contributed by atoms with van der Waals surface area (Å²) in [6, 6.07) is 7.70. The second-order valence-corrected chi connectivity index (χ2v) is 7.94. The van der Waals surface area contributed by atoms with Gasteiger partial charge in [-0.1, -0.05) is 51.1 Å². The van der Waals surface area contributed by atoms with Crippen molar-refractivity contribution in [2.75, 3.05) is 19.8 Å². The van der Waals surface area contributed by atoms with Gasteiger partial charge in [0, 0.05) is 13.2 Å². The second kappa shape index (κ2) is 16.0. The van der Waals surface area contributed by atoms with Crippen molar-refractivity contribution in [2.24, 2.45) is 5.92 Å². The van der Waals surface area contributed by atoms with Gasteiger partial charge < -0.3 is 30.2 Å². The molecule has 1 aromatic rings. The van der Waals surface area contributed by atoms with Gasteiger partial charge in [-0.3, -0.25) is 9.59 Å². The Kier molecular flexibility index (Phi) is 13.8. The molecule has 3 amide bonds. The molecule has 2 atom stereocenters. The van der Waals surface area contributed by atoms with E-state index in [4.69, 9.17) is 14.2 Å². The van der Waals surface area contributed by atoms with E-state index in [2.05, 4.69) is 16.0 Å². The molecule has 9 heteroatoms. The van der Waals surface area contributed by atoms with Gasteiger partial charge in [-0.2, -0.15) is 0 Å². The minimum Gasteiger partial charge on any atom is -0.445 e. The van der Waals surface area contributed by atoms with Gasteiger partial charge >= 0.3 is 6.09 Å². The lowest BCUT2D eigenvalue weighted by Crippen LogP contribution is -2.54. The second-order valence-electron chi connectivity index (χ2n) is 7.94. The van der Waals surface area contributed by atoms with E-state index in [1.165, 1.54) is 0 Å². The van der Waals surface area contributed by atoms with Crippen molar-refractivity contribution in [1.29, 1.82) is 0 Å². The standard InChI is InChI=1S/C24H39N3O6/c1-6-19(22(28)25-15-21(31-7-2)32-8-3)26-23(29)20(14-17(4)5)27-24(30)33-16-18-12-10-9-11-13-18/h9-13,17,19-21H,6-8,14-16H2,1-5H3,(H,25,28)(H,26,29)(H,27,30)/t19-,20-/m0/s1. The van der Waals surface area contributed by atoms with Crippen LogP contribution < -0.4 is 16.0 Å². The highest BCUT2D eigenvalue weighted by atomic mass is 16.7. The van der Waals surface area contributed by atoms with E-state index in [9.17, 15) is 14.4 Å². The molecular weight excluding hydrogens is 426 g/mol. The molecule has 0 heterocycles. The maximum absolute atomic E-state index is 12.9. The van der Waals surface area contributed by atoms with Crippen LogP contribution in [0.3, 0.4) is 0 Å². The number of benzene rings is 1. The summed E-state index contributed by atoms with van der Waals surface area (Å²) in [6.07, 6.45) is -0.445. The van der Waals surface area contributed by atoms with Gasteiger partial charge in [-0.05, 0) is 38.2 Å². The Balaban J connectivity index is 2.66. The topological polar surface area (TPSA) is 115 Å². The van der Waals surface area contributed by atoms with Crippen molar-refractivity contribution >= 4 is 17.9 Å². The van der Waals surface area contributed by atoms with Crippen LogP contribution in [-0.4, -0.2) is 56.0 Å². The van der Waals surface area contributed by atoms with Gasteiger partial charge in [-0.25, -0.2) is 4.79 Å². The molecule has 0 fully saturated rings. The number of carbonyl (C=O) groups is 3. The van der Waals surface area contributed by atoms with E-state index in [0.29, 0.717) is 26.1 Å². The molecule has 0 saturated heterocycles. The molecule has 0 bridgehead atoms. The molecule has 0 saturated carbocycles. The van der Waals surface area contributed by atoms with Crippen LogP contribution in [0.4, 0.5) is 4.79 Å². The minimum atomic E-state index is -0.824. The first-order valence-corrected chi connectivity index (χ1v) is 11.6. The largest absolute Gasteiger partial charge is 0.445 e. The normalized spacial score (nSPS) is 12.8. The molecule has 1 aromatic carbocycles. The van der Waals surface area contributed by atoms with E-state index in [-0.39, 0.29) is 25.0 Å². The van der Waals surface area contributed by atoms with Crippen LogP contribution in [0.2, 0.25) is 0 Å². The minimum absolute atomic E-state index is 0.101. The number of alkyl carbamates (subject to hydrolysis) is 1. The van der Waals surface area contributed by atoms with Crippen LogP contribution in [0.1, 0.15) is 53.0 Å². The Morgan fingerprint density at radius 2 is 1.52 bits per heavy atom. The number of hydrogen-bond donors (Lipinski definition) is 3. The number of ether oxygens (including phenoxy) is 3. The quantitative estimate of drug-likeness (QED) is 0.343. The van der Waals surface area contributed by atoms with Crippen molar-refractivity contribution < 1.29 is 28.6 Å². The van der Waals surface area contributed by atoms with Gasteiger partial charge in [0.05, 0.1) is 6.54 Å². The molecule has 33 heavy (non-hydrogen) atoms. The van der Waals surface area contributed by atoms with Crippen LogP contribution in [0, 0.1) is 5.92 Å². The first-order valence-electron chi connectivity index (χ1n) is 11.6. The van der Waals surface area contributed by atoms with E-state index in [0.717, 1.165) is 5.56 Å². The van der Waals surface area contributed by atoms with Gasteiger partial charge in [0.15, 0.2) is 6.29 Å². The average Bonchev–Trinajstić information content (AvgIpc) is 2.79. The number of amides is 3. The van der Waals surface area contributed by atoms with E-state index < -0.39 is 30.4 Å². The molecule has 0 unspecified atom stereocenters. The summed E-state index contributed by atoms with van der Waals surface area (Å²) in [5.41, 5.74) is 0.845. The summed E-state index contributed by atoms with van der Waals surface area (Å²) in [6.45, 7) is 10.6. The third-order valence-corrected chi connectivity index (χ3v) is 4.72. The maximum Gasteiger partial charge on any atom is 0.408 e. The molecule has 0 spiro atoms. The summed E-state index contributed by atoms with van der Waals surface area (Å²) in [5, 5.41) is 8.11. The molecule has 1 rings (SSSR count). The average molecular weight is 466 g/mol. The Morgan fingerprint density at radius 3 is 2.06 bits per heavy atom. The van der Waals surface area contributed by atoms with Crippen molar-refractivity contribution in [3.05, 3.63) is 35.9 Å². The molecule has 0 aromatic heterocycles. The zero-order valence-electron chi connectivity index (χ0n) is 20.4. The van der Waals surface area contributed by atoms with E-state index >= 15 is 0 Å². The van der Waals surface area contributed by atoms with Crippen molar-refractivity contribution in [3.8, 4) is 0 Å². The van der Waals surface area contributed by atoms with Gasteiger partial charge in [-0.15, -0.1) is 0 Å². The molecular formula is C24H39N3O6. The summed E-state index contributed by atoms with van der Waals surface area (Å²) >= 11 is 0. The summed E-state index contributed by atoms with van der Waals surface area (Å²) in [4.78, 5) is 37.8. The molecule has 3 N–H and O–H groups in total. The third-order valence-electron chi connectivity index (χ3n) is 4.72. The van der Waals surface area contributed by atoms with Gasteiger partial charge in [0.25, 0.3) is 0 Å². The van der Waals surface area contributed by atoms with E-state index in [1.54, 1.807) is 6.92 Å². The maximum atomic E-state index is 12.9. The zero-order chi connectivity index (χ0) is 24.6. The van der Waals surface area contributed by atoms with Crippen molar-refractivity contribution in [1.82, 2.24) is 16.0 Å². The van der Waals surface area contributed by atoms with Crippen LogP contribution in [0.5, 0.6) is 0 Å². The number of hydrogen-bond acceptors (Lipinski definition) is 6. The fourth-order valence-corrected chi connectivity index (χ4v) is 3.08. The van der Waals surface area contributed by atoms with Crippen LogP contribution in [0.15, 0.2) is 30.3 Å². The van der Waals surface area contributed by atoms with E-state index in [1.807, 2.05) is 58.0 Å². The molecule has 9 nitrogen and oxygen atoms in total. The predicted molar refractivity (Wildman–Crippen MR) is 125 cm³/mol. The molecule has 0 aliphatic carbocycles. The molecule has 0 aliphatic rings. The predicted octanol–water partition coefficient (Wildman–Crippen LogP) is 2.74. The summed E-state index contributed by atoms with van der Waals surface area (Å²) < 4.78 is 16.1. The molecule has 186 valence electrons.